The van der Waals surface area contributed by atoms with Crippen LogP contribution in [0.15, 0.2) is 24.4 Å². The molecule has 0 spiro atoms. The van der Waals surface area contributed by atoms with E-state index in [9.17, 15) is 9.18 Å². The van der Waals surface area contributed by atoms with Crippen LogP contribution in [-0.4, -0.2) is 40.7 Å². The highest BCUT2D eigenvalue weighted by molar-refractivity contribution is 6.30. The molecule has 1 aromatic carbocycles. The van der Waals surface area contributed by atoms with Gasteiger partial charge in [-0.1, -0.05) is 18.5 Å². The van der Waals surface area contributed by atoms with Crippen molar-refractivity contribution in [3.05, 3.63) is 40.8 Å². The van der Waals surface area contributed by atoms with Gasteiger partial charge in [-0.15, -0.1) is 0 Å². The number of hydrogen-bond acceptors (Lipinski definition) is 4. The Morgan fingerprint density at radius 2 is 2.15 bits per heavy atom. The molecule has 1 amide bonds. The van der Waals surface area contributed by atoms with E-state index in [0.717, 1.165) is 19.3 Å². The van der Waals surface area contributed by atoms with Crippen LogP contribution in [0.3, 0.4) is 0 Å². The molecule has 1 aliphatic carbocycles. The maximum atomic E-state index is 13.7. The van der Waals surface area contributed by atoms with Crippen molar-refractivity contribution >= 4 is 29.0 Å². The van der Waals surface area contributed by atoms with Gasteiger partial charge in [-0.3, -0.25) is 9.48 Å². The molecule has 1 saturated carbocycles. The maximum absolute atomic E-state index is 13.7. The fraction of sp³-hybridized carbons (Fsp3) is 0.474. The minimum absolute atomic E-state index is 0.0349. The summed E-state index contributed by atoms with van der Waals surface area (Å²) in [4.78, 5) is 14.1. The van der Waals surface area contributed by atoms with Gasteiger partial charge in [-0.2, -0.15) is 5.10 Å². The molecule has 3 atom stereocenters. The van der Waals surface area contributed by atoms with Crippen molar-refractivity contribution in [3.63, 3.8) is 0 Å². The van der Waals surface area contributed by atoms with E-state index in [1.165, 1.54) is 12.1 Å². The average molecular weight is 394 g/mol. The number of primary amides is 1. The largest absolute Gasteiger partial charge is 0.365 e. The van der Waals surface area contributed by atoms with Crippen molar-refractivity contribution in [1.82, 2.24) is 14.7 Å². The lowest BCUT2D eigenvalue weighted by Crippen LogP contribution is -2.37. The molecule has 1 fully saturated rings. The van der Waals surface area contributed by atoms with Gasteiger partial charge in [0, 0.05) is 17.9 Å². The first kappa shape index (κ1) is 19.6. The van der Waals surface area contributed by atoms with E-state index >= 15 is 0 Å². The van der Waals surface area contributed by atoms with Crippen LogP contribution in [0, 0.1) is 11.7 Å². The number of amides is 1. The monoisotopic (exact) mass is 393 g/mol. The number of anilines is 2. The molecule has 0 saturated heterocycles. The predicted octanol–water partition coefficient (Wildman–Crippen LogP) is 3.81. The third kappa shape index (κ3) is 4.25. The Morgan fingerprint density at radius 3 is 2.74 bits per heavy atom. The summed E-state index contributed by atoms with van der Waals surface area (Å²) in [7, 11) is 4.20. The molecule has 146 valence electrons. The number of hydrogen-bond donors (Lipinski definition) is 2. The zero-order valence-electron chi connectivity index (χ0n) is 15.7. The fourth-order valence-electron chi connectivity index (χ4n) is 3.76. The summed E-state index contributed by atoms with van der Waals surface area (Å²) in [5, 5.41) is 7.58. The summed E-state index contributed by atoms with van der Waals surface area (Å²) >= 11 is 5.72. The van der Waals surface area contributed by atoms with E-state index in [2.05, 4.69) is 36.3 Å². The molecule has 0 bridgehead atoms. The first-order valence-corrected chi connectivity index (χ1v) is 9.41. The number of halogens is 2. The molecule has 1 aliphatic rings. The highest BCUT2D eigenvalue weighted by atomic mass is 35.5. The normalized spacial score (nSPS) is 22.8. The van der Waals surface area contributed by atoms with Crippen LogP contribution in [0.5, 0.6) is 0 Å². The second-order valence-corrected chi connectivity index (χ2v) is 7.87. The number of nitrogens with two attached hydrogens (primary N) is 1. The van der Waals surface area contributed by atoms with Crippen LogP contribution in [0.1, 0.15) is 42.6 Å². The first-order chi connectivity index (χ1) is 12.8. The molecule has 1 heterocycles. The third-order valence-corrected chi connectivity index (χ3v) is 5.65. The Kier molecular flexibility index (Phi) is 5.72. The van der Waals surface area contributed by atoms with Crippen LogP contribution >= 0.6 is 11.6 Å². The van der Waals surface area contributed by atoms with Crippen LogP contribution in [0.2, 0.25) is 5.02 Å². The van der Waals surface area contributed by atoms with E-state index in [1.807, 2.05) is 4.68 Å². The van der Waals surface area contributed by atoms with Crippen molar-refractivity contribution < 1.29 is 9.18 Å². The van der Waals surface area contributed by atoms with Crippen molar-refractivity contribution in [2.75, 3.05) is 19.4 Å². The van der Waals surface area contributed by atoms with Crippen molar-refractivity contribution in [2.45, 2.75) is 38.3 Å². The number of carbonyl (C=O) groups excluding carboxylic acids is 1. The van der Waals surface area contributed by atoms with Gasteiger partial charge in [-0.25, -0.2) is 4.39 Å². The van der Waals surface area contributed by atoms with Gasteiger partial charge in [0.25, 0.3) is 5.91 Å². The lowest BCUT2D eigenvalue weighted by atomic mass is 9.82. The number of nitrogens with one attached hydrogen (secondary N) is 1. The van der Waals surface area contributed by atoms with Crippen molar-refractivity contribution in [3.8, 4) is 0 Å². The van der Waals surface area contributed by atoms with Crippen molar-refractivity contribution in [2.24, 2.45) is 11.7 Å². The first-order valence-electron chi connectivity index (χ1n) is 9.03. The summed E-state index contributed by atoms with van der Waals surface area (Å²) in [6, 6.07) is 5.08. The Balaban J connectivity index is 1.85. The minimum atomic E-state index is -0.576. The second-order valence-electron chi connectivity index (χ2n) is 7.46. The zero-order valence-corrected chi connectivity index (χ0v) is 16.5. The summed E-state index contributed by atoms with van der Waals surface area (Å²) < 4.78 is 15.5. The molecule has 27 heavy (non-hydrogen) atoms. The number of nitrogens with zero attached hydrogens (tertiary/aromatic N) is 3. The maximum Gasteiger partial charge on any atom is 0.254 e. The Labute approximate surface area is 163 Å². The Morgan fingerprint density at radius 1 is 1.41 bits per heavy atom. The lowest BCUT2D eigenvalue weighted by molar-refractivity contribution is 0.100. The number of carbonyl (C=O) groups is 1. The Bertz CT molecular complexity index is 838. The second kappa shape index (κ2) is 7.86. The van der Waals surface area contributed by atoms with Crippen LogP contribution < -0.4 is 11.1 Å². The predicted molar refractivity (Wildman–Crippen MR) is 105 cm³/mol. The number of benzene rings is 1. The molecule has 0 unspecified atom stereocenters. The third-order valence-electron chi connectivity index (χ3n) is 5.35. The average Bonchev–Trinajstić information content (AvgIpc) is 3.01. The molecule has 0 aliphatic heterocycles. The zero-order chi connectivity index (χ0) is 19.7. The van der Waals surface area contributed by atoms with Crippen LogP contribution in [-0.2, 0) is 0 Å². The molecule has 8 heteroatoms. The van der Waals surface area contributed by atoms with Gasteiger partial charge in [0.05, 0.1) is 11.1 Å². The van der Waals surface area contributed by atoms with E-state index in [0.29, 0.717) is 23.5 Å². The highest BCUT2D eigenvalue weighted by Crippen LogP contribution is 2.36. The SMILES string of the molecule is C[C@H]1C[C@@H](N(C)C)CC[C@@H]1n1cc(C(N)=O)c(Nc2ccc(Cl)c(F)c2)n1. The molecule has 1 aromatic heterocycles. The molecular weight excluding hydrogens is 369 g/mol. The number of rotatable bonds is 5. The smallest absolute Gasteiger partial charge is 0.254 e. The molecule has 2 aromatic rings. The van der Waals surface area contributed by atoms with Gasteiger partial charge in [-0.05, 0) is 57.5 Å². The summed E-state index contributed by atoms with van der Waals surface area (Å²) in [5.74, 6) is -0.385. The summed E-state index contributed by atoms with van der Waals surface area (Å²) in [5.41, 5.74) is 6.26. The lowest BCUT2D eigenvalue weighted by Gasteiger charge is -2.37. The van der Waals surface area contributed by atoms with Gasteiger partial charge in [0.2, 0.25) is 0 Å². The molecule has 6 nitrogen and oxygen atoms in total. The quantitative estimate of drug-likeness (QED) is 0.809. The van der Waals surface area contributed by atoms with Crippen LogP contribution in [0.4, 0.5) is 15.9 Å². The number of aromatic nitrogens is 2. The topological polar surface area (TPSA) is 76.2 Å². The van der Waals surface area contributed by atoms with Gasteiger partial charge < -0.3 is 16.0 Å². The standard InChI is InChI=1S/C19H25ClFN5O/c1-11-8-13(25(2)3)5-7-17(11)26-10-14(18(22)27)19(24-26)23-12-4-6-15(20)16(21)9-12/h4,6,9-11,13,17H,5,7-8H2,1-3H3,(H2,22,27)(H,23,24)/t11-,13-,17-/m0/s1. The molecule has 0 radical (unpaired) electrons. The van der Waals surface area contributed by atoms with Gasteiger partial charge >= 0.3 is 0 Å². The van der Waals surface area contributed by atoms with Gasteiger partial charge in [0.1, 0.15) is 11.4 Å². The summed E-state index contributed by atoms with van der Waals surface area (Å²) in [6.45, 7) is 2.20. The Hall–Kier alpha value is -2.12. The minimum Gasteiger partial charge on any atom is -0.365 e. The highest BCUT2D eigenvalue weighted by Gasteiger charge is 2.31. The van der Waals surface area contributed by atoms with Crippen molar-refractivity contribution in [1.29, 1.82) is 0 Å². The van der Waals surface area contributed by atoms with E-state index in [1.54, 1.807) is 12.3 Å². The molecule has 3 rings (SSSR count). The van der Waals surface area contributed by atoms with E-state index in [-0.39, 0.29) is 16.6 Å². The molecule has 3 N–H and O–H groups in total. The fourth-order valence-corrected chi connectivity index (χ4v) is 3.88. The van der Waals surface area contributed by atoms with Gasteiger partial charge in [0.15, 0.2) is 5.82 Å². The van der Waals surface area contributed by atoms with E-state index < -0.39 is 11.7 Å². The summed E-state index contributed by atoms with van der Waals surface area (Å²) in [6.07, 6.45) is 4.79. The van der Waals surface area contributed by atoms with Crippen LogP contribution in [0.25, 0.3) is 0 Å². The molecular formula is C19H25ClFN5O. The van der Waals surface area contributed by atoms with E-state index in [4.69, 9.17) is 17.3 Å².